The number of rotatable bonds is 3. The maximum absolute atomic E-state index is 12.2. The normalized spacial score (nSPS) is 15.0. The summed E-state index contributed by atoms with van der Waals surface area (Å²) in [5, 5.41) is 8.41. The van der Waals surface area contributed by atoms with Crippen molar-refractivity contribution < 1.29 is 17.6 Å². The molecular formula is C19H13ClN2O4S. The minimum Gasteiger partial charge on any atom is -0.457 e. The Morgan fingerprint density at radius 1 is 1.04 bits per heavy atom. The molecule has 0 aliphatic carbocycles. The summed E-state index contributed by atoms with van der Waals surface area (Å²) in [5.74, 6) is 0.786. The standard InChI is InChI=1S/C19H13ClN2O4S/c20-12-3-7-17-15(9-12)16(19(23)22-17)10-13-4-8-18(26-13)11-1-5-14(6-2-11)27(21,24)25/h1-10H,(H,22,23)(H2,21,24,25)/b16-10-. The number of sulfonamides is 1. The van der Waals surface area contributed by atoms with E-state index in [1.807, 2.05) is 0 Å². The molecule has 0 bridgehead atoms. The molecular weight excluding hydrogens is 388 g/mol. The van der Waals surface area contributed by atoms with Gasteiger partial charge in [-0.2, -0.15) is 0 Å². The number of nitrogens with two attached hydrogens (primary N) is 1. The molecule has 1 aliphatic heterocycles. The van der Waals surface area contributed by atoms with E-state index >= 15 is 0 Å². The Morgan fingerprint density at radius 2 is 1.78 bits per heavy atom. The summed E-state index contributed by atoms with van der Waals surface area (Å²) in [4.78, 5) is 12.2. The zero-order chi connectivity index (χ0) is 19.2. The highest BCUT2D eigenvalue weighted by atomic mass is 35.5. The molecule has 6 nitrogen and oxygen atoms in total. The van der Waals surface area contributed by atoms with Gasteiger partial charge in [0.1, 0.15) is 11.5 Å². The van der Waals surface area contributed by atoms with Crippen LogP contribution in [0.1, 0.15) is 11.3 Å². The smallest absolute Gasteiger partial charge is 0.256 e. The molecule has 1 aliphatic rings. The van der Waals surface area contributed by atoms with Crippen molar-refractivity contribution in [2.75, 3.05) is 5.32 Å². The molecule has 0 saturated carbocycles. The second kappa shape index (κ2) is 6.38. The highest BCUT2D eigenvalue weighted by Gasteiger charge is 2.24. The van der Waals surface area contributed by atoms with Crippen LogP contribution in [0.2, 0.25) is 5.02 Å². The number of carbonyl (C=O) groups is 1. The highest BCUT2D eigenvalue weighted by molar-refractivity contribution is 7.89. The zero-order valence-electron chi connectivity index (χ0n) is 13.8. The molecule has 3 aromatic rings. The average Bonchev–Trinajstić information content (AvgIpc) is 3.20. The van der Waals surface area contributed by atoms with Crippen LogP contribution in [0.15, 0.2) is 63.9 Å². The number of fused-ring (bicyclic) bond motifs is 1. The monoisotopic (exact) mass is 400 g/mol. The van der Waals surface area contributed by atoms with Gasteiger partial charge in [-0.3, -0.25) is 4.79 Å². The maximum Gasteiger partial charge on any atom is 0.256 e. The molecule has 1 aromatic heterocycles. The van der Waals surface area contributed by atoms with Gasteiger partial charge in [0.15, 0.2) is 0 Å². The summed E-state index contributed by atoms with van der Waals surface area (Å²) >= 11 is 6.03. The molecule has 0 atom stereocenters. The van der Waals surface area contributed by atoms with Crippen molar-refractivity contribution in [1.82, 2.24) is 0 Å². The topological polar surface area (TPSA) is 102 Å². The van der Waals surface area contributed by atoms with E-state index in [9.17, 15) is 13.2 Å². The van der Waals surface area contributed by atoms with Gasteiger partial charge in [0.2, 0.25) is 10.0 Å². The Bertz CT molecular complexity index is 1190. The van der Waals surface area contributed by atoms with Crippen molar-refractivity contribution in [3.05, 3.63) is 70.9 Å². The predicted octanol–water partition coefficient (Wildman–Crippen LogP) is 3.74. The van der Waals surface area contributed by atoms with Gasteiger partial charge in [0, 0.05) is 21.8 Å². The molecule has 0 unspecified atom stereocenters. The number of hydrogen-bond acceptors (Lipinski definition) is 4. The first kappa shape index (κ1) is 17.5. The van der Waals surface area contributed by atoms with Crippen molar-refractivity contribution in [1.29, 1.82) is 0 Å². The number of benzene rings is 2. The van der Waals surface area contributed by atoms with Gasteiger partial charge >= 0.3 is 0 Å². The molecule has 1 amide bonds. The largest absolute Gasteiger partial charge is 0.457 e. The van der Waals surface area contributed by atoms with Gasteiger partial charge in [-0.15, -0.1) is 0 Å². The Morgan fingerprint density at radius 3 is 2.48 bits per heavy atom. The van der Waals surface area contributed by atoms with Crippen LogP contribution in [-0.4, -0.2) is 14.3 Å². The summed E-state index contributed by atoms with van der Waals surface area (Å²) in [5.41, 5.74) is 2.55. The Labute approximate surface area is 160 Å². The van der Waals surface area contributed by atoms with Crippen molar-refractivity contribution in [3.8, 4) is 11.3 Å². The number of halogens is 1. The third kappa shape index (κ3) is 3.40. The van der Waals surface area contributed by atoms with Crippen LogP contribution in [0.4, 0.5) is 5.69 Å². The fourth-order valence-corrected chi connectivity index (χ4v) is 3.53. The van der Waals surface area contributed by atoms with E-state index in [-0.39, 0.29) is 10.8 Å². The summed E-state index contributed by atoms with van der Waals surface area (Å²) in [6.45, 7) is 0. The van der Waals surface area contributed by atoms with E-state index in [0.717, 1.165) is 0 Å². The summed E-state index contributed by atoms with van der Waals surface area (Å²) < 4.78 is 28.4. The van der Waals surface area contributed by atoms with Gasteiger partial charge in [-0.25, -0.2) is 13.6 Å². The lowest BCUT2D eigenvalue weighted by atomic mass is 10.1. The molecule has 0 fully saturated rings. The number of carbonyl (C=O) groups excluding carboxylic acids is 1. The molecule has 0 radical (unpaired) electrons. The fourth-order valence-electron chi connectivity index (χ4n) is 2.84. The molecule has 136 valence electrons. The van der Waals surface area contributed by atoms with Gasteiger partial charge in [0.05, 0.1) is 10.5 Å². The van der Waals surface area contributed by atoms with Crippen LogP contribution in [0.3, 0.4) is 0 Å². The molecule has 8 heteroatoms. The molecule has 2 heterocycles. The van der Waals surface area contributed by atoms with Crippen molar-refractivity contribution in [3.63, 3.8) is 0 Å². The number of hydrogen-bond donors (Lipinski definition) is 2. The fraction of sp³-hybridized carbons (Fsp3) is 0. The first-order valence-corrected chi connectivity index (χ1v) is 9.80. The van der Waals surface area contributed by atoms with E-state index in [2.05, 4.69) is 5.32 Å². The van der Waals surface area contributed by atoms with Crippen LogP contribution in [0.25, 0.3) is 23.0 Å². The zero-order valence-corrected chi connectivity index (χ0v) is 15.3. The molecule has 3 N–H and O–H groups in total. The predicted molar refractivity (Wildman–Crippen MR) is 103 cm³/mol. The Kier molecular flexibility index (Phi) is 4.15. The first-order chi connectivity index (χ1) is 12.8. The summed E-state index contributed by atoms with van der Waals surface area (Å²) in [6, 6.07) is 14.7. The lowest BCUT2D eigenvalue weighted by molar-refractivity contribution is -0.110. The van der Waals surface area contributed by atoms with Crippen molar-refractivity contribution in [2.45, 2.75) is 4.90 Å². The SMILES string of the molecule is NS(=O)(=O)c1ccc(-c2ccc(/C=C3\C(=O)Nc4ccc(Cl)cc43)o2)cc1. The maximum atomic E-state index is 12.2. The van der Waals surface area contributed by atoms with Crippen LogP contribution in [0.5, 0.6) is 0 Å². The van der Waals surface area contributed by atoms with Crippen LogP contribution in [-0.2, 0) is 14.8 Å². The number of primary sulfonamides is 1. The van der Waals surface area contributed by atoms with Crippen molar-refractivity contribution >= 4 is 44.9 Å². The van der Waals surface area contributed by atoms with Gasteiger partial charge < -0.3 is 9.73 Å². The minimum absolute atomic E-state index is 0.0243. The molecule has 27 heavy (non-hydrogen) atoms. The second-order valence-electron chi connectivity index (χ2n) is 5.97. The average molecular weight is 401 g/mol. The van der Waals surface area contributed by atoms with Crippen molar-refractivity contribution in [2.24, 2.45) is 5.14 Å². The van der Waals surface area contributed by atoms with Gasteiger partial charge in [0.25, 0.3) is 5.91 Å². The molecule has 0 saturated heterocycles. The Hall–Kier alpha value is -2.87. The van der Waals surface area contributed by atoms with Crippen LogP contribution >= 0.6 is 11.6 Å². The molecule has 4 rings (SSSR count). The number of furan rings is 1. The third-order valence-electron chi connectivity index (χ3n) is 4.15. The number of anilines is 1. The second-order valence-corrected chi connectivity index (χ2v) is 7.97. The number of nitrogens with one attached hydrogen (secondary N) is 1. The van der Waals surface area contributed by atoms with E-state index in [4.69, 9.17) is 21.2 Å². The Balaban J connectivity index is 1.67. The molecule has 2 aromatic carbocycles. The van der Waals surface area contributed by atoms with E-state index in [0.29, 0.717) is 38.9 Å². The number of amides is 1. The van der Waals surface area contributed by atoms with E-state index in [1.54, 1.807) is 48.5 Å². The van der Waals surface area contributed by atoms with Crippen LogP contribution < -0.4 is 10.5 Å². The summed E-state index contributed by atoms with van der Waals surface area (Å²) in [6.07, 6.45) is 1.64. The van der Waals surface area contributed by atoms with Crippen LogP contribution in [0, 0.1) is 0 Å². The van der Waals surface area contributed by atoms with Gasteiger partial charge in [-0.05, 0) is 60.7 Å². The first-order valence-electron chi connectivity index (χ1n) is 7.87. The quantitative estimate of drug-likeness (QED) is 0.653. The third-order valence-corrected chi connectivity index (χ3v) is 5.31. The summed E-state index contributed by atoms with van der Waals surface area (Å²) in [7, 11) is -3.75. The van der Waals surface area contributed by atoms with E-state index < -0.39 is 10.0 Å². The lowest BCUT2D eigenvalue weighted by Crippen LogP contribution is -2.11. The van der Waals surface area contributed by atoms with Gasteiger partial charge in [-0.1, -0.05) is 11.6 Å². The molecule has 0 spiro atoms. The highest BCUT2D eigenvalue weighted by Crippen LogP contribution is 2.35. The lowest BCUT2D eigenvalue weighted by Gasteiger charge is -2.00. The minimum atomic E-state index is -3.75. The van der Waals surface area contributed by atoms with E-state index in [1.165, 1.54) is 12.1 Å².